The molecule has 1 N–H and O–H groups in total. The van der Waals surface area contributed by atoms with E-state index in [1.807, 2.05) is 38.1 Å². The van der Waals surface area contributed by atoms with Crippen LogP contribution in [0.15, 0.2) is 30.3 Å². The summed E-state index contributed by atoms with van der Waals surface area (Å²) in [6, 6.07) is 6.87. The third kappa shape index (κ3) is 5.89. The largest absolute Gasteiger partial charge is 0.467 e. The summed E-state index contributed by atoms with van der Waals surface area (Å²) in [5, 5.41) is 3.21. The monoisotopic (exact) mass is 390 g/mol. The number of aromatic nitrogens is 1. The van der Waals surface area contributed by atoms with Crippen LogP contribution in [0.3, 0.4) is 0 Å². The zero-order chi connectivity index (χ0) is 19.8. The van der Waals surface area contributed by atoms with Gasteiger partial charge in [-0.1, -0.05) is 32.4 Å². The lowest BCUT2D eigenvalue weighted by molar-refractivity contribution is -0.148. The minimum absolute atomic E-state index is 0.101. The van der Waals surface area contributed by atoms with Gasteiger partial charge >= 0.3 is 11.9 Å². The maximum Gasteiger partial charge on any atom is 0.331 e. The average Bonchev–Trinajstić information content (AvgIpc) is 3.10. The van der Waals surface area contributed by atoms with Gasteiger partial charge in [-0.3, -0.25) is 4.79 Å². The molecule has 2 atom stereocenters. The maximum absolute atomic E-state index is 12.0. The van der Waals surface area contributed by atoms with Crippen LogP contribution in [0.4, 0.5) is 0 Å². The molecule has 27 heavy (non-hydrogen) atoms. The van der Waals surface area contributed by atoms with Crippen LogP contribution in [-0.4, -0.2) is 42.6 Å². The van der Waals surface area contributed by atoms with E-state index >= 15 is 0 Å². The van der Waals surface area contributed by atoms with Gasteiger partial charge < -0.3 is 14.8 Å². The van der Waals surface area contributed by atoms with Crippen LogP contribution in [0.2, 0.25) is 0 Å². The van der Waals surface area contributed by atoms with Gasteiger partial charge in [0.25, 0.3) is 5.91 Å². The summed E-state index contributed by atoms with van der Waals surface area (Å²) in [5.41, 5.74) is 0.855. The van der Waals surface area contributed by atoms with E-state index in [1.54, 1.807) is 6.08 Å². The molecule has 1 heterocycles. The molecule has 7 nitrogen and oxygen atoms in total. The molecule has 0 saturated heterocycles. The van der Waals surface area contributed by atoms with Crippen LogP contribution < -0.4 is 5.32 Å². The van der Waals surface area contributed by atoms with E-state index in [0.717, 1.165) is 10.2 Å². The second kappa shape index (κ2) is 9.82. The number of ether oxygens (including phenoxy) is 2. The molecule has 0 aliphatic carbocycles. The molecular formula is C19H22N2O5S. The number of nitrogens with zero attached hydrogens (tertiary/aromatic N) is 1. The summed E-state index contributed by atoms with van der Waals surface area (Å²) in [5.74, 6) is -1.86. The fourth-order valence-electron chi connectivity index (χ4n) is 2.30. The Hall–Kier alpha value is -2.74. The number of methoxy groups -OCH3 is 1. The minimum Gasteiger partial charge on any atom is -0.467 e. The lowest BCUT2D eigenvalue weighted by atomic mass is 9.99. The number of carbonyl (C=O) groups excluding carboxylic acids is 3. The average molecular weight is 390 g/mol. The van der Waals surface area contributed by atoms with Crippen molar-refractivity contribution in [2.45, 2.75) is 26.3 Å². The number of thiazole rings is 1. The van der Waals surface area contributed by atoms with Gasteiger partial charge in [0, 0.05) is 6.08 Å². The summed E-state index contributed by atoms with van der Waals surface area (Å²) >= 11 is 1.45. The molecule has 1 amide bonds. The van der Waals surface area contributed by atoms with Gasteiger partial charge in [0.05, 0.1) is 17.3 Å². The first kappa shape index (κ1) is 20.6. The number of fused-ring (bicyclic) bond motifs is 1. The smallest absolute Gasteiger partial charge is 0.331 e. The van der Waals surface area contributed by atoms with Crippen LogP contribution in [0.5, 0.6) is 0 Å². The molecule has 0 spiro atoms. The molecule has 0 saturated carbocycles. The Morgan fingerprint density at radius 2 is 2.04 bits per heavy atom. The fourth-order valence-corrected chi connectivity index (χ4v) is 3.17. The Labute approximate surface area is 161 Å². The maximum atomic E-state index is 12.0. The molecule has 1 aromatic carbocycles. The number of benzene rings is 1. The standard InChI is InChI=1S/C19H22N2O5S/c1-4-12(2)18(19(24)25-3)21-15(22)11-26-17(23)10-9-16-20-13-7-5-6-8-14(13)27-16/h5-10,12,18H,4,11H2,1-3H3,(H,21,22)/b10-9+/t12-,18+/m1/s1. The molecule has 1 aromatic heterocycles. The first-order chi connectivity index (χ1) is 12.9. The van der Waals surface area contributed by atoms with Gasteiger partial charge in [0.2, 0.25) is 0 Å². The fraction of sp³-hybridized carbons (Fsp3) is 0.368. The summed E-state index contributed by atoms with van der Waals surface area (Å²) in [6.45, 7) is 3.25. The predicted octanol–water partition coefficient (Wildman–Crippen LogP) is 2.56. The van der Waals surface area contributed by atoms with E-state index in [4.69, 9.17) is 9.47 Å². The SMILES string of the molecule is CC[C@@H](C)[C@H](NC(=O)COC(=O)/C=C/c1nc2ccccc2s1)C(=O)OC. The first-order valence-corrected chi connectivity index (χ1v) is 9.33. The third-order valence-corrected chi connectivity index (χ3v) is 5.00. The molecule has 144 valence electrons. The van der Waals surface area contributed by atoms with Gasteiger partial charge in [-0.15, -0.1) is 11.3 Å². The topological polar surface area (TPSA) is 94.6 Å². The van der Waals surface area contributed by atoms with Crippen LogP contribution in [-0.2, 0) is 23.9 Å². The zero-order valence-electron chi connectivity index (χ0n) is 15.4. The van der Waals surface area contributed by atoms with Crippen molar-refractivity contribution < 1.29 is 23.9 Å². The molecule has 2 rings (SSSR count). The van der Waals surface area contributed by atoms with E-state index in [2.05, 4.69) is 10.3 Å². The van der Waals surface area contributed by atoms with Crippen molar-refractivity contribution in [3.05, 3.63) is 35.3 Å². The lowest BCUT2D eigenvalue weighted by Gasteiger charge is -2.21. The Kier molecular flexibility index (Phi) is 7.48. The minimum atomic E-state index is -0.774. The van der Waals surface area contributed by atoms with E-state index in [0.29, 0.717) is 11.4 Å². The number of nitrogens with one attached hydrogen (secondary N) is 1. The van der Waals surface area contributed by atoms with Crippen LogP contribution in [0, 0.1) is 5.92 Å². The lowest BCUT2D eigenvalue weighted by Crippen LogP contribution is -2.47. The molecule has 2 aromatic rings. The normalized spacial score (nSPS) is 13.3. The highest BCUT2D eigenvalue weighted by Gasteiger charge is 2.26. The molecule has 0 fully saturated rings. The van der Waals surface area contributed by atoms with Crippen molar-refractivity contribution in [2.24, 2.45) is 5.92 Å². The molecule has 0 radical (unpaired) electrons. The second-order valence-electron chi connectivity index (χ2n) is 5.91. The Bertz CT molecular complexity index is 812. The summed E-state index contributed by atoms with van der Waals surface area (Å²) < 4.78 is 10.6. The highest BCUT2D eigenvalue weighted by atomic mass is 32.1. The Balaban J connectivity index is 1.86. The number of para-hydroxylation sites is 1. The quantitative estimate of drug-likeness (QED) is 0.550. The molecule has 0 aliphatic heterocycles. The summed E-state index contributed by atoms with van der Waals surface area (Å²) in [4.78, 5) is 39.9. The summed E-state index contributed by atoms with van der Waals surface area (Å²) in [6.07, 6.45) is 3.45. The van der Waals surface area contributed by atoms with Gasteiger partial charge in [-0.05, 0) is 24.1 Å². The van der Waals surface area contributed by atoms with Crippen LogP contribution in [0.25, 0.3) is 16.3 Å². The van der Waals surface area contributed by atoms with Crippen molar-refractivity contribution in [3.63, 3.8) is 0 Å². The molecule has 0 aliphatic rings. The van der Waals surface area contributed by atoms with E-state index in [1.165, 1.54) is 24.5 Å². The second-order valence-corrected chi connectivity index (χ2v) is 6.98. The number of hydrogen-bond acceptors (Lipinski definition) is 7. The van der Waals surface area contributed by atoms with E-state index < -0.39 is 30.5 Å². The number of rotatable bonds is 8. The van der Waals surface area contributed by atoms with Gasteiger partial charge in [-0.25, -0.2) is 14.6 Å². The van der Waals surface area contributed by atoms with Crippen molar-refractivity contribution in [3.8, 4) is 0 Å². The number of esters is 2. The van der Waals surface area contributed by atoms with Gasteiger partial charge in [-0.2, -0.15) is 0 Å². The van der Waals surface area contributed by atoms with E-state index in [-0.39, 0.29) is 5.92 Å². The number of amides is 1. The Morgan fingerprint density at radius 3 is 2.70 bits per heavy atom. The highest BCUT2D eigenvalue weighted by Crippen LogP contribution is 2.22. The zero-order valence-corrected chi connectivity index (χ0v) is 16.2. The van der Waals surface area contributed by atoms with E-state index in [9.17, 15) is 14.4 Å². The first-order valence-electron chi connectivity index (χ1n) is 8.52. The van der Waals surface area contributed by atoms with Crippen LogP contribution in [0.1, 0.15) is 25.3 Å². The molecule has 0 bridgehead atoms. The van der Waals surface area contributed by atoms with Crippen molar-refractivity contribution in [1.82, 2.24) is 10.3 Å². The van der Waals surface area contributed by atoms with Crippen molar-refractivity contribution >= 4 is 45.5 Å². The predicted molar refractivity (Wildman–Crippen MR) is 103 cm³/mol. The third-order valence-electron chi connectivity index (χ3n) is 4.00. The summed E-state index contributed by atoms with van der Waals surface area (Å²) in [7, 11) is 1.26. The number of hydrogen-bond donors (Lipinski definition) is 1. The molecule has 0 unspecified atom stereocenters. The van der Waals surface area contributed by atoms with Crippen molar-refractivity contribution in [2.75, 3.05) is 13.7 Å². The molecule has 8 heteroatoms. The van der Waals surface area contributed by atoms with Crippen LogP contribution >= 0.6 is 11.3 Å². The number of carbonyl (C=O) groups is 3. The van der Waals surface area contributed by atoms with Gasteiger partial charge in [0.1, 0.15) is 11.0 Å². The molecular weight excluding hydrogens is 368 g/mol. The Morgan fingerprint density at radius 1 is 1.30 bits per heavy atom. The van der Waals surface area contributed by atoms with Crippen molar-refractivity contribution in [1.29, 1.82) is 0 Å². The highest BCUT2D eigenvalue weighted by molar-refractivity contribution is 7.19. The van der Waals surface area contributed by atoms with Gasteiger partial charge in [0.15, 0.2) is 6.61 Å².